The van der Waals surface area contributed by atoms with Crippen LogP contribution in [0.5, 0.6) is 0 Å². The molecule has 0 aromatic carbocycles. The van der Waals surface area contributed by atoms with Crippen LogP contribution in [0.25, 0.3) is 0 Å². The number of rotatable bonds is 4. The number of sulfone groups is 1. The molecule has 1 fully saturated rings. The highest BCUT2D eigenvalue weighted by Gasteiger charge is 2.32. The van der Waals surface area contributed by atoms with Crippen molar-refractivity contribution in [3.8, 4) is 0 Å². The Hall–Kier alpha value is -0.880. The fourth-order valence-electron chi connectivity index (χ4n) is 2.39. The average Bonchev–Trinajstić information content (AvgIpc) is 2.71. The Morgan fingerprint density at radius 2 is 2.33 bits per heavy atom. The lowest BCUT2D eigenvalue weighted by atomic mass is 10.1. The van der Waals surface area contributed by atoms with Crippen LogP contribution in [0.15, 0.2) is 11.6 Å². The molecule has 1 unspecified atom stereocenters. The Kier molecular flexibility index (Phi) is 4.40. The summed E-state index contributed by atoms with van der Waals surface area (Å²) < 4.78 is 22.5. The summed E-state index contributed by atoms with van der Waals surface area (Å²) in [6.07, 6.45) is 4.54. The van der Waals surface area contributed by atoms with Crippen LogP contribution >= 0.6 is 0 Å². The van der Waals surface area contributed by atoms with E-state index in [-0.39, 0.29) is 23.3 Å². The molecule has 1 amide bonds. The van der Waals surface area contributed by atoms with E-state index in [9.17, 15) is 13.2 Å². The van der Waals surface area contributed by atoms with Crippen molar-refractivity contribution in [3.05, 3.63) is 11.6 Å². The predicted octanol–water partition coefficient (Wildman–Crippen LogP) is -0.153. The van der Waals surface area contributed by atoms with Gasteiger partial charge in [0.15, 0.2) is 9.84 Å². The molecule has 6 heteroatoms. The molecule has 1 atom stereocenters. The lowest BCUT2D eigenvalue weighted by Crippen LogP contribution is -2.32. The molecule has 2 heterocycles. The lowest BCUT2D eigenvalue weighted by Gasteiger charge is -2.15. The van der Waals surface area contributed by atoms with Crippen molar-refractivity contribution >= 4 is 15.7 Å². The normalized spacial score (nSPS) is 26.7. The summed E-state index contributed by atoms with van der Waals surface area (Å²) in [5.41, 5.74) is 1.37. The second-order valence-electron chi connectivity index (χ2n) is 4.96. The molecule has 2 aliphatic heterocycles. The van der Waals surface area contributed by atoms with Crippen LogP contribution in [0.1, 0.15) is 19.3 Å². The largest absolute Gasteiger partial charge is 0.356 e. The number of amides is 1. The van der Waals surface area contributed by atoms with Crippen LogP contribution in [0.4, 0.5) is 0 Å². The van der Waals surface area contributed by atoms with Gasteiger partial charge < -0.3 is 10.6 Å². The van der Waals surface area contributed by atoms with Gasteiger partial charge in [-0.15, -0.1) is 0 Å². The predicted molar refractivity (Wildman–Crippen MR) is 70.0 cm³/mol. The zero-order valence-corrected chi connectivity index (χ0v) is 11.3. The number of hydrogen-bond donors (Lipinski definition) is 2. The average molecular weight is 272 g/mol. The SMILES string of the molecule is O=C(NCCC1=CCNCC1)C1CCS(=O)(=O)C1. The second kappa shape index (κ2) is 5.84. The fourth-order valence-corrected chi connectivity index (χ4v) is 4.13. The molecule has 0 radical (unpaired) electrons. The third-order valence-corrected chi connectivity index (χ3v) is 5.27. The van der Waals surface area contributed by atoms with Crippen LogP contribution in [0, 0.1) is 5.92 Å². The van der Waals surface area contributed by atoms with Gasteiger partial charge in [0.25, 0.3) is 0 Å². The van der Waals surface area contributed by atoms with Crippen LogP contribution < -0.4 is 10.6 Å². The Labute approximate surface area is 108 Å². The van der Waals surface area contributed by atoms with E-state index >= 15 is 0 Å². The monoisotopic (exact) mass is 272 g/mol. The van der Waals surface area contributed by atoms with Crippen molar-refractivity contribution in [2.24, 2.45) is 5.92 Å². The summed E-state index contributed by atoms with van der Waals surface area (Å²) in [5, 5.41) is 6.08. The fraction of sp³-hybridized carbons (Fsp3) is 0.750. The molecule has 18 heavy (non-hydrogen) atoms. The van der Waals surface area contributed by atoms with Gasteiger partial charge in [-0.1, -0.05) is 11.6 Å². The molecule has 0 aliphatic carbocycles. The molecule has 0 bridgehead atoms. The van der Waals surface area contributed by atoms with Crippen molar-refractivity contribution in [3.63, 3.8) is 0 Å². The van der Waals surface area contributed by atoms with Gasteiger partial charge >= 0.3 is 0 Å². The second-order valence-corrected chi connectivity index (χ2v) is 7.19. The zero-order valence-electron chi connectivity index (χ0n) is 10.4. The summed E-state index contributed by atoms with van der Waals surface area (Å²) in [4.78, 5) is 11.8. The first-order valence-electron chi connectivity index (χ1n) is 6.43. The molecular formula is C12H20N2O3S. The molecule has 2 aliphatic rings. The number of hydrogen-bond acceptors (Lipinski definition) is 4. The molecule has 2 rings (SSSR count). The van der Waals surface area contributed by atoms with Crippen molar-refractivity contribution in [2.45, 2.75) is 19.3 Å². The summed E-state index contributed by atoms with van der Waals surface area (Å²) in [6, 6.07) is 0. The summed E-state index contributed by atoms with van der Waals surface area (Å²) >= 11 is 0. The molecule has 2 N–H and O–H groups in total. The Balaban J connectivity index is 1.70. The third-order valence-electron chi connectivity index (χ3n) is 3.51. The Bertz CT molecular complexity index is 442. The van der Waals surface area contributed by atoms with Gasteiger partial charge in [-0.05, 0) is 25.8 Å². The van der Waals surface area contributed by atoms with Crippen molar-refractivity contribution in [1.82, 2.24) is 10.6 Å². The van der Waals surface area contributed by atoms with E-state index in [1.807, 2.05) is 0 Å². The van der Waals surface area contributed by atoms with Crippen molar-refractivity contribution < 1.29 is 13.2 Å². The van der Waals surface area contributed by atoms with E-state index < -0.39 is 9.84 Å². The lowest BCUT2D eigenvalue weighted by molar-refractivity contribution is -0.124. The highest BCUT2D eigenvalue weighted by atomic mass is 32.2. The van der Waals surface area contributed by atoms with E-state index in [1.165, 1.54) is 5.57 Å². The van der Waals surface area contributed by atoms with E-state index in [1.54, 1.807) is 0 Å². The highest BCUT2D eigenvalue weighted by molar-refractivity contribution is 7.91. The van der Waals surface area contributed by atoms with Gasteiger partial charge in [-0.25, -0.2) is 8.42 Å². The Morgan fingerprint density at radius 3 is 2.94 bits per heavy atom. The Morgan fingerprint density at radius 1 is 1.50 bits per heavy atom. The van der Waals surface area contributed by atoms with Gasteiger partial charge in [-0.3, -0.25) is 4.79 Å². The first kappa shape index (κ1) is 13.5. The molecule has 0 aromatic heterocycles. The highest BCUT2D eigenvalue weighted by Crippen LogP contribution is 2.18. The van der Waals surface area contributed by atoms with Gasteiger partial charge in [0.2, 0.25) is 5.91 Å². The van der Waals surface area contributed by atoms with Crippen molar-refractivity contribution in [2.75, 3.05) is 31.1 Å². The minimum Gasteiger partial charge on any atom is -0.356 e. The van der Waals surface area contributed by atoms with Gasteiger partial charge in [-0.2, -0.15) is 0 Å². The number of nitrogens with one attached hydrogen (secondary N) is 2. The molecule has 5 nitrogen and oxygen atoms in total. The number of carbonyl (C=O) groups is 1. The van der Waals surface area contributed by atoms with E-state index in [0.717, 1.165) is 25.9 Å². The topological polar surface area (TPSA) is 75.3 Å². The maximum Gasteiger partial charge on any atom is 0.224 e. The molecule has 0 spiro atoms. The van der Waals surface area contributed by atoms with Crippen LogP contribution in [0.2, 0.25) is 0 Å². The van der Waals surface area contributed by atoms with Gasteiger partial charge in [0.1, 0.15) is 0 Å². The zero-order chi connectivity index (χ0) is 13.0. The number of carbonyl (C=O) groups excluding carboxylic acids is 1. The smallest absolute Gasteiger partial charge is 0.224 e. The summed E-state index contributed by atoms with van der Waals surface area (Å²) in [6.45, 7) is 2.52. The molecule has 0 aromatic rings. The quantitative estimate of drug-likeness (QED) is 0.698. The maximum atomic E-state index is 11.8. The van der Waals surface area contributed by atoms with Crippen LogP contribution in [-0.2, 0) is 14.6 Å². The molecule has 1 saturated heterocycles. The summed E-state index contributed by atoms with van der Waals surface area (Å²) in [7, 11) is -2.97. The van der Waals surface area contributed by atoms with E-state index in [2.05, 4.69) is 16.7 Å². The van der Waals surface area contributed by atoms with Gasteiger partial charge in [0.05, 0.1) is 17.4 Å². The minimum atomic E-state index is -2.97. The van der Waals surface area contributed by atoms with Crippen LogP contribution in [-0.4, -0.2) is 45.5 Å². The standard InChI is InChI=1S/C12H20N2O3S/c15-12(11-4-8-18(16,17)9-11)14-7-3-10-1-5-13-6-2-10/h1,11,13H,2-9H2,(H,14,15). The van der Waals surface area contributed by atoms with Gasteiger partial charge in [0, 0.05) is 13.1 Å². The maximum absolute atomic E-state index is 11.8. The first-order chi connectivity index (χ1) is 8.57. The van der Waals surface area contributed by atoms with E-state index in [4.69, 9.17) is 0 Å². The molecule has 0 saturated carbocycles. The summed E-state index contributed by atoms with van der Waals surface area (Å²) in [5.74, 6) is -0.268. The first-order valence-corrected chi connectivity index (χ1v) is 8.26. The van der Waals surface area contributed by atoms with E-state index in [0.29, 0.717) is 13.0 Å². The third kappa shape index (κ3) is 3.81. The van der Waals surface area contributed by atoms with Crippen molar-refractivity contribution in [1.29, 1.82) is 0 Å². The minimum absolute atomic E-state index is 0.0193. The van der Waals surface area contributed by atoms with Crippen LogP contribution in [0.3, 0.4) is 0 Å². The molecular weight excluding hydrogens is 252 g/mol. The molecule has 102 valence electrons.